The third-order valence-electron chi connectivity index (χ3n) is 6.15. The van der Waals surface area contributed by atoms with Crippen LogP contribution in [-0.4, -0.2) is 33.3 Å². The summed E-state index contributed by atoms with van der Waals surface area (Å²) in [4.78, 5) is 15.6. The summed E-state index contributed by atoms with van der Waals surface area (Å²) in [6, 6.07) is 10.0. The van der Waals surface area contributed by atoms with Gasteiger partial charge in [-0.1, -0.05) is 26.0 Å². The fourth-order valence-corrected chi connectivity index (χ4v) is 3.94. The maximum absolute atomic E-state index is 13.4. The third-order valence-corrected chi connectivity index (χ3v) is 6.15. The van der Waals surface area contributed by atoms with E-state index in [1.165, 1.54) is 38.1 Å². The van der Waals surface area contributed by atoms with Gasteiger partial charge in [-0.3, -0.25) is 0 Å². The molecule has 0 spiro atoms. The molecular formula is C25H27F6N3O3. The van der Waals surface area contributed by atoms with Gasteiger partial charge in [-0.05, 0) is 54.9 Å². The largest absolute Gasteiger partial charge is 0.490 e. The monoisotopic (exact) mass is 531 g/mol. The first kappa shape index (κ1) is 28.3. The first-order valence-electron chi connectivity index (χ1n) is 11.5. The lowest BCUT2D eigenvalue weighted by atomic mass is 9.75. The number of hydrogen-bond donors (Lipinski definition) is 3. The first-order chi connectivity index (χ1) is 17.1. The van der Waals surface area contributed by atoms with Crippen LogP contribution in [0.1, 0.15) is 50.7 Å². The molecule has 0 amide bonds. The Morgan fingerprint density at radius 1 is 1.11 bits per heavy atom. The van der Waals surface area contributed by atoms with Crippen molar-refractivity contribution in [3.05, 3.63) is 53.9 Å². The van der Waals surface area contributed by atoms with Crippen LogP contribution in [0.25, 0.3) is 11.0 Å². The van der Waals surface area contributed by atoms with Crippen molar-refractivity contribution < 1.29 is 41.0 Å². The van der Waals surface area contributed by atoms with Gasteiger partial charge in [-0.2, -0.15) is 26.3 Å². The van der Waals surface area contributed by atoms with Crippen LogP contribution in [0, 0.1) is 5.41 Å². The molecule has 1 aliphatic carbocycles. The molecule has 1 heterocycles. The van der Waals surface area contributed by atoms with Crippen LogP contribution in [0.2, 0.25) is 0 Å². The number of hydrogen-bond acceptors (Lipinski definition) is 4. The number of benzene rings is 2. The molecule has 0 bridgehead atoms. The number of alkyl halides is 6. The van der Waals surface area contributed by atoms with Crippen LogP contribution in [0.4, 0.5) is 26.3 Å². The number of carboxylic acids is 1. The van der Waals surface area contributed by atoms with Gasteiger partial charge in [0.1, 0.15) is 17.1 Å². The number of ether oxygens (including phenoxy) is 1. The summed E-state index contributed by atoms with van der Waals surface area (Å²) in [5, 5.41) is 10.7. The lowest BCUT2D eigenvalue weighted by Gasteiger charge is -2.34. The SMILES string of the molecule is CC1(C)CCC(NCc2ccc(Oc3cc4[nH]cnc4cc3C(F)(F)F)cc2)CC1.O=C(O)C(F)(F)F. The van der Waals surface area contributed by atoms with Crippen LogP contribution in [-0.2, 0) is 17.5 Å². The van der Waals surface area contributed by atoms with Gasteiger partial charge in [-0.25, -0.2) is 9.78 Å². The van der Waals surface area contributed by atoms with Gasteiger partial charge in [0.05, 0.1) is 17.4 Å². The van der Waals surface area contributed by atoms with E-state index in [-0.39, 0.29) is 11.3 Å². The Labute approximate surface area is 209 Å². The maximum atomic E-state index is 13.4. The molecule has 1 aromatic heterocycles. The van der Waals surface area contributed by atoms with Crippen LogP contribution in [0.5, 0.6) is 11.5 Å². The average molecular weight is 531 g/mol. The Morgan fingerprint density at radius 3 is 2.24 bits per heavy atom. The number of nitrogens with zero attached hydrogens (tertiary/aromatic N) is 1. The summed E-state index contributed by atoms with van der Waals surface area (Å²) in [5.74, 6) is -2.63. The van der Waals surface area contributed by atoms with Gasteiger partial charge in [0.25, 0.3) is 0 Å². The normalized spacial score (nSPS) is 16.2. The van der Waals surface area contributed by atoms with Crippen molar-refractivity contribution in [3.8, 4) is 11.5 Å². The number of fused-ring (bicyclic) bond motifs is 1. The minimum atomic E-state index is -5.08. The summed E-state index contributed by atoms with van der Waals surface area (Å²) >= 11 is 0. The Bertz CT molecular complexity index is 1190. The highest BCUT2D eigenvalue weighted by Crippen LogP contribution is 2.40. The zero-order valence-corrected chi connectivity index (χ0v) is 20.1. The van der Waals surface area contributed by atoms with Gasteiger partial charge in [0.15, 0.2) is 0 Å². The van der Waals surface area contributed by atoms with Crippen molar-refractivity contribution in [3.63, 3.8) is 0 Å². The van der Waals surface area contributed by atoms with E-state index in [2.05, 4.69) is 29.1 Å². The minimum Gasteiger partial charge on any atom is -0.475 e. The molecule has 4 rings (SSSR count). The molecule has 0 atom stereocenters. The molecule has 1 aliphatic rings. The van der Waals surface area contributed by atoms with Crippen LogP contribution in [0.15, 0.2) is 42.7 Å². The van der Waals surface area contributed by atoms with E-state index in [0.29, 0.717) is 22.7 Å². The highest BCUT2D eigenvalue weighted by atomic mass is 19.4. The summed E-state index contributed by atoms with van der Waals surface area (Å²) in [6.45, 7) is 5.37. The highest BCUT2D eigenvalue weighted by Gasteiger charge is 2.38. The Kier molecular flexibility index (Phi) is 8.41. The Morgan fingerprint density at radius 2 is 1.70 bits per heavy atom. The molecule has 3 aromatic rings. The number of carbonyl (C=O) groups is 1. The maximum Gasteiger partial charge on any atom is 0.490 e. The standard InChI is InChI=1S/C23H26F3N3O.C2HF3O2/c1-22(2)9-7-16(8-10-22)27-13-15-3-5-17(6-4-15)30-21-12-20-19(28-14-29-20)11-18(21)23(24,25)26;3-2(4,5)1(6)7/h3-6,11-12,14,16,27H,7-10,13H2,1-2H3,(H,28,29);(H,6,7). The van der Waals surface area contributed by atoms with Crippen molar-refractivity contribution in [1.29, 1.82) is 0 Å². The molecule has 3 N–H and O–H groups in total. The molecule has 6 nitrogen and oxygen atoms in total. The molecule has 1 saturated carbocycles. The smallest absolute Gasteiger partial charge is 0.475 e. The first-order valence-corrected chi connectivity index (χ1v) is 11.5. The van der Waals surface area contributed by atoms with Crippen molar-refractivity contribution in [2.75, 3.05) is 0 Å². The van der Waals surface area contributed by atoms with Gasteiger partial charge >= 0.3 is 18.3 Å². The average Bonchev–Trinajstić information content (AvgIpc) is 3.25. The molecule has 0 aliphatic heterocycles. The quantitative estimate of drug-likeness (QED) is 0.307. The zero-order valence-electron chi connectivity index (χ0n) is 20.1. The molecule has 2 aromatic carbocycles. The Balaban J connectivity index is 0.000000479. The van der Waals surface area contributed by atoms with E-state index in [4.69, 9.17) is 14.6 Å². The number of rotatable bonds is 5. The topological polar surface area (TPSA) is 87.2 Å². The molecule has 0 unspecified atom stereocenters. The van der Waals surface area contributed by atoms with Crippen molar-refractivity contribution in [2.45, 2.75) is 64.5 Å². The van der Waals surface area contributed by atoms with Crippen LogP contribution < -0.4 is 10.1 Å². The van der Waals surface area contributed by atoms with Crippen molar-refractivity contribution in [1.82, 2.24) is 15.3 Å². The van der Waals surface area contributed by atoms with Crippen LogP contribution >= 0.6 is 0 Å². The van der Waals surface area contributed by atoms with Gasteiger partial charge in [0, 0.05) is 18.7 Å². The van der Waals surface area contributed by atoms with E-state index in [0.717, 1.165) is 18.2 Å². The number of nitrogens with one attached hydrogen (secondary N) is 2. The number of aromatic nitrogens is 2. The Hall–Kier alpha value is -3.28. The van der Waals surface area contributed by atoms with Gasteiger partial charge < -0.3 is 20.1 Å². The summed E-state index contributed by atoms with van der Waals surface area (Å²) in [5.41, 5.74) is 1.42. The molecule has 37 heavy (non-hydrogen) atoms. The predicted octanol–water partition coefficient (Wildman–Crippen LogP) is 7.07. The van der Waals surface area contributed by atoms with Crippen LogP contribution in [0.3, 0.4) is 0 Å². The van der Waals surface area contributed by atoms with Crippen molar-refractivity contribution in [2.24, 2.45) is 5.41 Å². The van der Waals surface area contributed by atoms with Crippen molar-refractivity contribution >= 4 is 17.0 Å². The third kappa shape index (κ3) is 8.11. The molecular weight excluding hydrogens is 504 g/mol. The number of halogens is 6. The van der Waals surface area contributed by atoms with Gasteiger partial charge in [0.2, 0.25) is 0 Å². The highest BCUT2D eigenvalue weighted by molar-refractivity contribution is 5.78. The predicted molar refractivity (Wildman–Crippen MR) is 124 cm³/mol. The fourth-order valence-electron chi connectivity index (χ4n) is 3.94. The van der Waals surface area contributed by atoms with E-state index in [1.807, 2.05) is 12.1 Å². The summed E-state index contributed by atoms with van der Waals surface area (Å²) < 4.78 is 77.7. The molecule has 0 radical (unpaired) electrons. The number of aliphatic carboxylic acids is 1. The fraction of sp³-hybridized carbons (Fsp3) is 0.440. The number of aromatic amines is 1. The molecule has 202 valence electrons. The second-order valence-corrected chi connectivity index (χ2v) is 9.63. The number of carboxylic acid groups (broad SMARTS) is 1. The minimum absolute atomic E-state index is 0.241. The summed E-state index contributed by atoms with van der Waals surface area (Å²) in [7, 11) is 0. The second-order valence-electron chi connectivity index (χ2n) is 9.63. The van der Waals surface area contributed by atoms with E-state index < -0.39 is 23.9 Å². The van der Waals surface area contributed by atoms with E-state index >= 15 is 0 Å². The van der Waals surface area contributed by atoms with E-state index in [1.54, 1.807) is 12.1 Å². The molecule has 0 saturated heterocycles. The number of imidazole rings is 1. The van der Waals surface area contributed by atoms with Gasteiger partial charge in [-0.15, -0.1) is 0 Å². The lowest BCUT2D eigenvalue weighted by Crippen LogP contribution is -2.35. The van der Waals surface area contributed by atoms with E-state index in [9.17, 15) is 26.3 Å². The second kappa shape index (κ2) is 11.0. The lowest BCUT2D eigenvalue weighted by molar-refractivity contribution is -0.192. The number of H-pyrrole nitrogens is 1. The summed E-state index contributed by atoms with van der Waals surface area (Å²) in [6.07, 6.45) is -3.46. The molecule has 12 heteroatoms. The zero-order chi connectivity index (χ0) is 27.4. The molecule has 1 fully saturated rings.